The normalized spacial score (nSPS) is 11.5. The van der Waals surface area contributed by atoms with Gasteiger partial charge >= 0.3 is 12.1 Å². The number of halogens is 3. The highest BCUT2D eigenvalue weighted by molar-refractivity contribution is 5.69. The Bertz CT molecular complexity index is 821. The van der Waals surface area contributed by atoms with E-state index >= 15 is 0 Å². The second kappa shape index (κ2) is 6.51. The molecule has 0 aliphatic carbocycles. The van der Waals surface area contributed by atoms with Crippen molar-refractivity contribution in [3.8, 4) is 11.1 Å². The smallest absolute Gasteiger partial charge is 0.417 e. The van der Waals surface area contributed by atoms with E-state index in [2.05, 4.69) is 0 Å². The number of nitrogens with zero attached hydrogens (tertiary/aromatic N) is 1. The van der Waals surface area contributed by atoms with Gasteiger partial charge in [-0.2, -0.15) is 13.2 Å². The van der Waals surface area contributed by atoms with Gasteiger partial charge in [0.05, 0.1) is 11.1 Å². The van der Waals surface area contributed by atoms with Crippen LogP contribution in [-0.2, 0) is 24.4 Å². The van der Waals surface area contributed by atoms with Gasteiger partial charge in [0.2, 0.25) is 0 Å². The summed E-state index contributed by atoms with van der Waals surface area (Å²) in [6.45, 7) is 1.44. The third-order valence-electron chi connectivity index (χ3n) is 3.85. The second-order valence-corrected chi connectivity index (χ2v) is 5.53. The number of carboxylic acids is 1. The lowest BCUT2D eigenvalue weighted by Crippen LogP contribution is -2.25. The molecule has 128 valence electrons. The molecule has 1 aromatic heterocycles. The van der Waals surface area contributed by atoms with Crippen molar-refractivity contribution in [1.82, 2.24) is 4.57 Å². The summed E-state index contributed by atoms with van der Waals surface area (Å²) < 4.78 is 41.1. The lowest BCUT2D eigenvalue weighted by molar-refractivity contribution is -0.138. The summed E-state index contributed by atoms with van der Waals surface area (Å²) in [7, 11) is 1.42. The fraction of sp³-hybridized carbons (Fsp3) is 0.294. The maximum atomic E-state index is 13.3. The summed E-state index contributed by atoms with van der Waals surface area (Å²) in [5.74, 6) is -0.953. The number of aliphatic carboxylic acids is 1. The molecule has 0 unspecified atom stereocenters. The first-order valence-electron chi connectivity index (χ1n) is 7.20. The van der Waals surface area contributed by atoms with Crippen LogP contribution in [-0.4, -0.2) is 15.6 Å². The number of pyridine rings is 1. The number of aryl methyl sites for hydroxylation is 2. The highest BCUT2D eigenvalue weighted by atomic mass is 19.4. The van der Waals surface area contributed by atoms with Crippen molar-refractivity contribution >= 4 is 5.97 Å². The number of carboxylic acid groups (broad SMARTS) is 1. The predicted molar refractivity (Wildman–Crippen MR) is 82.8 cm³/mol. The molecule has 1 heterocycles. The van der Waals surface area contributed by atoms with Gasteiger partial charge in [-0.25, -0.2) is 0 Å². The molecule has 4 nitrogen and oxygen atoms in total. The van der Waals surface area contributed by atoms with Crippen molar-refractivity contribution in [1.29, 1.82) is 0 Å². The summed E-state index contributed by atoms with van der Waals surface area (Å²) in [6.07, 6.45) is -4.44. The van der Waals surface area contributed by atoms with Gasteiger partial charge in [0.1, 0.15) is 0 Å². The van der Waals surface area contributed by atoms with Crippen LogP contribution in [0.1, 0.15) is 23.2 Å². The van der Waals surface area contributed by atoms with E-state index in [0.717, 1.165) is 6.07 Å². The van der Waals surface area contributed by atoms with E-state index < -0.39 is 28.8 Å². The minimum Gasteiger partial charge on any atom is -0.481 e. The maximum Gasteiger partial charge on any atom is 0.417 e. The zero-order chi connectivity index (χ0) is 18.1. The van der Waals surface area contributed by atoms with Crippen LogP contribution in [0.2, 0.25) is 0 Å². The summed E-state index contributed by atoms with van der Waals surface area (Å²) in [5, 5.41) is 8.66. The van der Waals surface area contributed by atoms with Crippen LogP contribution >= 0.6 is 0 Å². The molecule has 2 aromatic rings. The summed E-state index contributed by atoms with van der Waals surface area (Å²) >= 11 is 0. The van der Waals surface area contributed by atoms with Gasteiger partial charge in [0.15, 0.2) is 0 Å². The molecule has 0 amide bonds. The summed E-state index contributed by atoms with van der Waals surface area (Å²) in [5.41, 5.74) is -1.04. The zero-order valence-corrected chi connectivity index (χ0v) is 13.1. The number of hydrogen-bond acceptors (Lipinski definition) is 2. The Hall–Kier alpha value is -2.57. The molecule has 2 rings (SSSR count). The fourth-order valence-electron chi connectivity index (χ4n) is 2.41. The minimum absolute atomic E-state index is 0.0700. The molecule has 0 saturated heterocycles. The number of alkyl halides is 3. The van der Waals surface area contributed by atoms with Crippen molar-refractivity contribution in [2.75, 3.05) is 0 Å². The largest absolute Gasteiger partial charge is 0.481 e. The Morgan fingerprint density at radius 2 is 1.79 bits per heavy atom. The topological polar surface area (TPSA) is 59.3 Å². The zero-order valence-electron chi connectivity index (χ0n) is 13.1. The second-order valence-electron chi connectivity index (χ2n) is 5.53. The Labute approximate surface area is 136 Å². The quantitative estimate of drug-likeness (QED) is 0.929. The summed E-state index contributed by atoms with van der Waals surface area (Å²) in [6, 6.07) is 6.86. The van der Waals surface area contributed by atoms with Crippen LogP contribution in [0.3, 0.4) is 0 Å². The monoisotopic (exact) mass is 339 g/mol. The lowest BCUT2D eigenvalue weighted by atomic mass is 9.98. The molecule has 0 saturated carbocycles. The lowest BCUT2D eigenvalue weighted by Gasteiger charge is -2.16. The van der Waals surface area contributed by atoms with E-state index in [1.807, 2.05) is 0 Å². The highest BCUT2D eigenvalue weighted by Crippen LogP contribution is 2.35. The Balaban J connectivity index is 2.54. The summed E-state index contributed by atoms with van der Waals surface area (Å²) in [4.78, 5) is 22.9. The van der Waals surface area contributed by atoms with Crippen LogP contribution in [0.15, 0.2) is 35.1 Å². The minimum atomic E-state index is -4.64. The number of carbonyl (C=O) groups is 1. The van der Waals surface area contributed by atoms with Crippen LogP contribution in [0.5, 0.6) is 0 Å². The molecule has 0 atom stereocenters. The maximum absolute atomic E-state index is 13.3. The molecule has 0 spiro atoms. The van der Waals surface area contributed by atoms with E-state index in [4.69, 9.17) is 5.11 Å². The van der Waals surface area contributed by atoms with Gasteiger partial charge in [0, 0.05) is 19.2 Å². The van der Waals surface area contributed by atoms with Gasteiger partial charge in [-0.3, -0.25) is 9.59 Å². The van der Waals surface area contributed by atoms with E-state index in [-0.39, 0.29) is 24.1 Å². The molecule has 0 fully saturated rings. The van der Waals surface area contributed by atoms with Gasteiger partial charge < -0.3 is 9.67 Å². The number of benzene rings is 1. The third kappa shape index (κ3) is 3.67. The van der Waals surface area contributed by atoms with Gasteiger partial charge in [-0.05, 0) is 30.5 Å². The molecule has 24 heavy (non-hydrogen) atoms. The van der Waals surface area contributed by atoms with Crippen LogP contribution in [0.25, 0.3) is 11.1 Å². The van der Waals surface area contributed by atoms with Crippen LogP contribution in [0, 0.1) is 6.92 Å². The molecule has 1 aromatic carbocycles. The van der Waals surface area contributed by atoms with Crippen molar-refractivity contribution in [2.24, 2.45) is 7.05 Å². The first-order valence-corrected chi connectivity index (χ1v) is 7.20. The van der Waals surface area contributed by atoms with Gasteiger partial charge in [-0.1, -0.05) is 24.3 Å². The van der Waals surface area contributed by atoms with Crippen molar-refractivity contribution in [3.63, 3.8) is 0 Å². The standard InChI is InChI=1S/C17H16F3NO3/c1-10-9-13(17(18,19)20)15(16(24)21(10)2)12-6-3-11(4-7-12)5-8-14(22)23/h3-4,6-7,9H,5,8H2,1-2H3,(H,22,23). The Kier molecular flexibility index (Phi) is 4.82. The number of rotatable bonds is 4. The van der Waals surface area contributed by atoms with E-state index in [0.29, 0.717) is 5.56 Å². The van der Waals surface area contributed by atoms with Crippen molar-refractivity contribution < 1.29 is 23.1 Å². The molecule has 0 radical (unpaired) electrons. The van der Waals surface area contributed by atoms with Crippen LogP contribution < -0.4 is 5.56 Å². The van der Waals surface area contributed by atoms with E-state index in [9.17, 15) is 22.8 Å². The molecule has 0 aliphatic rings. The first kappa shape index (κ1) is 17.8. The SMILES string of the molecule is Cc1cc(C(F)(F)F)c(-c2ccc(CCC(=O)O)cc2)c(=O)n1C. The Morgan fingerprint density at radius 3 is 2.29 bits per heavy atom. The molecule has 7 heteroatoms. The van der Waals surface area contributed by atoms with Crippen LogP contribution in [0.4, 0.5) is 13.2 Å². The van der Waals surface area contributed by atoms with E-state index in [1.165, 1.54) is 42.8 Å². The highest BCUT2D eigenvalue weighted by Gasteiger charge is 2.35. The molecular weight excluding hydrogens is 323 g/mol. The van der Waals surface area contributed by atoms with Gasteiger partial charge in [-0.15, -0.1) is 0 Å². The van der Waals surface area contributed by atoms with Gasteiger partial charge in [0.25, 0.3) is 5.56 Å². The van der Waals surface area contributed by atoms with E-state index in [1.54, 1.807) is 0 Å². The van der Waals surface area contributed by atoms with Crippen molar-refractivity contribution in [3.05, 3.63) is 57.5 Å². The molecule has 0 bridgehead atoms. The third-order valence-corrected chi connectivity index (χ3v) is 3.85. The number of hydrogen-bond donors (Lipinski definition) is 1. The average Bonchev–Trinajstić information content (AvgIpc) is 2.50. The predicted octanol–water partition coefficient (Wildman–Crippen LogP) is 3.40. The van der Waals surface area contributed by atoms with Crippen molar-refractivity contribution in [2.45, 2.75) is 25.9 Å². The fourth-order valence-corrected chi connectivity index (χ4v) is 2.41. The average molecular weight is 339 g/mol. The first-order chi connectivity index (χ1) is 11.1. The molecule has 0 aliphatic heterocycles. The Morgan fingerprint density at radius 1 is 1.21 bits per heavy atom. The molecular formula is C17H16F3NO3. The number of aromatic nitrogens is 1. The molecule has 1 N–H and O–H groups in total.